The molecule has 0 saturated carbocycles. The van der Waals surface area contributed by atoms with E-state index in [4.69, 9.17) is 28.4 Å². The Bertz CT molecular complexity index is 1080. The molecule has 0 aromatic heterocycles. The molecule has 2 heterocycles. The standard InChI is InChI=1S/C31H36O7/c1-22-26(37-22)21-36-31-28(32)30(35-19-25-15-9-4-10-16-25)29(34-18-24-13-7-3-8-14-24)27(38-31)20-33-17-23-11-5-2-6-12-23/h2-16,22,26-32H,17-21H2,1H3/t22-,26-,27?,28?,29+,30?,31?/m0/s1. The zero-order valence-electron chi connectivity index (χ0n) is 21.6. The van der Waals surface area contributed by atoms with E-state index in [0.717, 1.165) is 16.7 Å². The smallest absolute Gasteiger partial charge is 0.186 e. The van der Waals surface area contributed by atoms with Crippen LogP contribution in [0.25, 0.3) is 0 Å². The molecule has 2 aliphatic heterocycles. The average molecular weight is 521 g/mol. The number of epoxide rings is 1. The number of benzene rings is 3. The molecule has 2 aliphatic rings. The van der Waals surface area contributed by atoms with E-state index < -0.39 is 30.7 Å². The summed E-state index contributed by atoms with van der Waals surface area (Å²) in [6.45, 7) is 3.68. The van der Waals surface area contributed by atoms with Gasteiger partial charge in [-0.05, 0) is 23.6 Å². The van der Waals surface area contributed by atoms with Gasteiger partial charge in [0, 0.05) is 0 Å². The summed E-state index contributed by atoms with van der Waals surface area (Å²) in [6.07, 6.45) is -3.59. The van der Waals surface area contributed by atoms with Crippen molar-refractivity contribution in [1.29, 1.82) is 0 Å². The van der Waals surface area contributed by atoms with Crippen molar-refractivity contribution in [1.82, 2.24) is 0 Å². The van der Waals surface area contributed by atoms with E-state index in [1.165, 1.54) is 0 Å². The normalized spacial score (nSPS) is 28.7. The third-order valence-corrected chi connectivity index (χ3v) is 6.84. The molecule has 0 amide bonds. The summed E-state index contributed by atoms with van der Waals surface area (Å²) < 4.78 is 36.5. The van der Waals surface area contributed by atoms with Gasteiger partial charge in [-0.25, -0.2) is 0 Å². The fourth-order valence-electron chi connectivity index (χ4n) is 4.55. The molecule has 7 nitrogen and oxygen atoms in total. The van der Waals surface area contributed by atoms with Gasteiger partial charge in [0.1, 0.15) is 30.5 Å². The molecule has 5 rings (SSSR count). The van der Waals surface area contributed by atoms with Crippen molar-refractivity contribution < 1.29 is 33.5 Å². The molecule has 7 heteroatoms. The van der Waals surface area contributed by atoms with Crippen molar-refractivity contribution >= 4 is 0 Å². The zero-order chi connectivity index (χ0) is 26.2. The molecule has 2 fully saturated rings. The van der Waals surface area contributed by atoms with Gasteiger partial charge < -0.3 is 33.5 Å². The minimum atomic E-state index is -1.06. The molecule has 3 aromatic carbocycles. The Balaban J connectivity index is 1.32. The van der Waals surface area contributed by atoms with Gasteiger partial charge in [-0.1, -0.05) is 91.0 Å². The predicted molar refractivity (Wildman–Crippen MR) is 141 cm³/mol. The summed E-state index contributed by atoms with van der Waals surface area (Å²) in [5.41, 5.74) is 3.09. The minimum Gasteiger partial charge on any atom is -0.385 e. The fraction of sp³-hybridized carbons (Fsp3) is 0.419. The summed E-state index contributed by atoms with van der Waals surface area (Å²) in [4.78, 5) is 0. The summed E-state index contributed by atoms with van der Waals surface area (Å²) in [5, 5.41) is 11.4. The first kappa shape index (κ1) is 27.0. The van der Waals surface area contributed by atoms with E-state index >= 15 is 0 Å². The predicted octanol–water partition coefficient (Wildman–Crippen LogP) is 4.26. The first-order chi connectivity index (χ1) is 18.7. The zero-order valence-corrected chi connectivity index (χ0v) is 21.6. The van der Waals surface area contributed by atoms with Crippen LogP contribution in [0.15, 0.2) is 91.0 Å². The van der Waals surface area contributed by atoms with Crippen LogP contribution in [0.3, 0.4) is 0 Å². The lowest BCUT2D eigenvalue weighted by Crippen LogP contribution is -2.61. The number of ether oxygens (including phenoxy) is 6. The van der Waals surface area contributed by atoms with E-state index in [1.807, 2.05) is 97.9 Å². The Kier molecular flexibility index (Phi) is 9.54. The molecular weight excluding hydrogens is 484 g/mol. The quantitative estimate of drug-likeness (QED) is 0.337. The van der Waals surface area contributed by atoms with Crippen molar-refractivity contribution in [2.45, 2.75) is 69.7 Å². The Morgan fingerprint density at radius 2 is 1.11 bits per heavy atom. The summed E-state index contributed by atoms with van der Waals surface area (Å²) >= 11 is 0. The Morgan fingerprint density at radius 1 is 0.605 bits per heavy atom. The highest BCUT2D eigenvalue weighted by Gasteiger charge is 2.48. The van der Waals surface area contributed by atoms with E-state index in [1.54, 1.807) is 0 Å². The molecular formula is C31H36O7. The first-order valence-corrected chi connectivity index (χ1v) is 13.2. The lowest BCUT2D eigenvalue weighted by Gasteiger charge is -2.44. The molecule has 202 valence electrons. The van der Waals surface area contributed by atoms with Crippen LogP contribution in [0.2, 0.25) is 0 Å². The number of aliphatic hydroxyl groups excluding tert-OH is 1. The fourth-order valence-corrected chi connectivity index (χ4v) is 4.55. The average Bonchev–Trinajstić information content (AvgIpc) is 3.67. The van der Waals surface area contributed by atoms with Crippen molar-refractivity contribution in [2.24, 2.45) is 0 Å². The van der Waals surface area contributed by atoms with E-state index in [-0.39, 0.29) is 18.8 Å². The van der Waals surface area contributed by atoms with Gasteiger partial charge in [0.25, 0.3) is 0 Å². The molecule has 1 N–H and O–H groups in total. The summed E-state index contributed by atoms with van der Waals surface area (Å²) in [7, 11) is 0. The van der Waals surface area contributed by atoms with Crippen LogP contribution in [0.5, 0.6) is 0 Å². The van der Waals surface area contributed by atoms with Crippen LogP contribution in [-0.4, -0.2) is 61.2 Å². The maximum absolute atomic E-state index is 11.4. The second kappa shape index (κ2) is 13.4. The molecule has 2 saturated heterocycles. The van der Waals surface area contributed by atoms with Gasteiger partial charge in [-0.3, -0.25) is 0 Å². The van der Waals surface area contributed by atoms with Gasteiger partial charge in [0.15, 0.2) is 6.29 Å². The number of aliphatic hydroxyl groups is 1. The largest absolute Gasteiger partial charge is 0.385 e. The molecule has 0 radical (unpaired) electrons. The second-order valence-electron chi connectivity index (χ2n) is 9.77. The maximum atomic E-state index is 11.4. The number of hydrogen-bond donors (Lipinski definition) is 1. The third kappa shape index (κ3) is 7.48. The lowest BCUT2D eigenvalue weighted by molar-refractivity contribution is -0.319. The van der Waals surface area contributed by atoms with Crippen LogP contribution in [0.4, 0.5) is 0 Å². The Hall–Kier alpha value is -2.62. The Labute approximate surface area is 224 Å². The maximum Gasteiger partial charge on any atom is 0.186 e. The van der Waals surface area contributed by atoms with Crippen LogP contribution >= 0.6 is 0 Å². The van der Waals surface area contributed by atoms with Crippen LogP contribution in [0, 0.1) is 0 Å². The van der Waals surface area contributed by atoms with Crippen molar-refractivity contribution in [3.05, 3.63) is 108 Å². The Morgan fingerprint density at radius 3 is 1.63 bits per heavy atom. The van der Waals surface area contributed by atoms with Crippen molar-refractivity contribution in [2.75, 3.05) is 13.2 Å². The van der Waals surface area contributed by atoms with Gasteiger partial charge in [-0.15, -0.1) is 0 Å². The lowest BCUT2D eigenvalue weighted by atomic mass is 9.98. The van der Waals surface area contributed by atoms with Crippen molar-refractivity contribution in [3.8, 4) is 0 Å². The topological polar surface area (TPSA) is 78.9 Å². The van der Waals surface area contributed by atoms with Gasteiger partial charge in [0.2, 0.25) is 0 Å². The molecule has 3 aromatic rings. The minimum absolute atomic E-state index is 0.00863. The highest BCUT2D eigenvalue weighted by molar-refractivity contribution is 5.15. The molecule has 0 aliphatic carbocycles. The molecule has 0 spiro atoms. The number of rotatable bonds is 13. The SMILES string of the molecule is C[C@@H]1O[C@H]1COC1OC(COCc2ccccc2)[C@@H](OCc2ccccc2)C(OCc2ccccc2)C1O. The highest BCUT2D eigenvalue weighted by Crippen LogP contribution is 2.30. The summed E-state index contributed by atoms with van der Waals surface area (Å²) in [5.74, 6) is 0. The van der Waals surface area contributed by atoms with Gasteiger partial charge in [0.05, 0.1) is 39.1 Å². The first-order valence-electron chi connectivity index (χ1n) is 13.2. The van der Waals surface area contributed by atoms with Gasteiger partial charge in [-0.2, -0.15) is 0 Å². The van der Waals surface area contributed by atoms with E-state index in [9.17, 15) is 5.11 Å². The molecule has 4 unspecified atom stereocenters. The van der Waals surface area contributed by atoms with E-state index in [2.05, 4.69) is 0 Å². The summed E-state index contributed by atoms with van der Waals surface area (Å²) in [6, 6.07) is 29.8. The second-order valence-corrected chi connectivity index (χ2v) is 9.77. The van der Waals surface area contributed by atoms with Crippen molar-refractivity contribution in [3.63, 3.8) is 0 Å². The number of hydrogen-bond acceptors (Lipinski definition) is 7. The highest BCUT2D eigenvalue weighted by atomic mass is 16.7. The molecule has 38 heavy (non-hydrogen) atoms. The van der Waals surface area contributed by atoms with Gasteiger partial charge >= 0.3 is 0 Å². The third-order valence-electron chi connectivity index (χ3n) is 6.84. The van der Waals surface area contributed by atoms with Crippen LogP contribution in [0.1, 0.15) is 23.6 Å². The molecule has 0 bridgehead atoms. The van der Waals surface area contributed by atoms with Crippen LogP contribution < -0.4 is 0 Å². The van der Waals surface area contributed by atoms with Crippen LogP contribution in [-0.2, 0) is 48.2 Å². The molecule has 7 atom stereocenters. The monoisotopic (exact) mass is 520 g/mol. The van der Waals surface area contributed by atoms with E-state index in [0.29, 0.717) is 26.4 Å².